The van der Waals surface area contributed by atoms with Crippen LogP contribution in [0.15, 0.2) is 30.1 Å². The highest BCUT2D eigenvalue weighted by atomic mass is 16.5. The number of ether oxygens (including phenoxy) is 2. The first kappa shape index (κ1) is 24.6. The second kappa shape index (κ2) is 10.4. The minimum Gasteiger partial charge on any atom is -0.872 e. The number of morpholine rings is 1. The number of nitrogens with one attached hydrogen (secondary N) is 2. The summed E-state index contributed by atoms with van der Waals surface area (Å²) in [4.78, 5) is 48.4. The number of aromatic nitrogens is 2. The predicted molar refractivity (Wildman–Crippen MR) is 123 cm³/mol. The van der Waals surface area contributed by atoms with Gasteiger partial charge in [-0.05, 0) is 36.6 Å². The third kappa shape index (κ3) is 4.71. The Labute approximate surface area is 203 Å². The molecule has 2 saturated heterocycles. The molecule has 2 aromatic heterocycles. The summed E-state index contributed by atoms with van der Waals surface area (Å²) in [5, 5.41) is 13.8. The summed E-state index contributed by atoms with van der Waals surface area (Å²) in [5.74, 6) is -2.69. The fourth-order valence-electron chi connectivity index (χ4n) is 4.93. The number of carbonyl (C=O) groups excluding carboxylic acids is 3. The van der Waals surface area contributed by atoms with E-state index in [4.69, 9.17) is 9.47 Å². The van der Waals surface area contributed by atoms with E-state index in [0.29, 0.717) is 43.0 Å². The molecule has 1 atom stereocenters. The maximum atomic E-state index is 13.8. The highest BCUT2D eigenvalue weighted by Gasteiger charge is 2.44. The fourth-order valence-corrected chi connectivity index (χ4v) is 4.93. The van der Waals surface area contributed by atoms with E-state index in [2.05, 4.69) is 9.97 Å². The lowest BCUT2D eigenvalue weighted by Crippen LogP contribution is -3.14. The monoisotopic (exact) mass is 482 g/mol. The first-order valence-corrected chi connectivity index (χ1v) is 11.7. The van der Waals surface area contributed by atoms with E-state index in [0.717, 1.165) is 19.6 Å². The zero-order chi connectivity index (χ0) is 25.1. The lowest BCUT2D eigenvalue weighted by atomic mass is 9.95. The van der Waals surface area contributed by atoms with E-state index >= 15 is 0 Å². The maximum absolute atomic E-state index is 13.8. The summed E-state index contributed by atoms with van der Waals surface area (Å²) >= 11 is 0. The molecule has 2 aliphatic heterocycles. The molecule has 4 rings (SSSR count). The first-order valence-electron chi connectivity index (χ1n) is 11.7. The van der Waals surface area contributed by atoms with Crippen molar-refractivity contribution in [2.45, 2.75) is 26.3 Å². The van der Waals surface area contributed by atoms with E-state index in [1.54, 1.807) is 38.4 Å². The zero-order valence-electron chi connectivity index (χ0n) is 20.2. The molecular formula is C25H30N4O6. The van der Waals surface area contributed by atoms with Crippen LogP contribution in [0.25, 0.3) is 5.76 Å². The molecule has 0 radical (unpaired) electrons. The molecule has 10 heteroatoms. The number of aryl methyl sites for hydroxylation is 1. The highest BCUT2D eigenvalue weighted by molar-refractivity contribution is 6.46. The van der Waals surface area contributed by atoms with Crippen LogP contribution in [0.4, 0.5) is 0 Å². The lowest BCUT2D eigenvalue weighted by molar-refractivity contribution is -0.908. The number of aromatic amines is 1. The van der Waals surface area contributed by atoms with Crippen LogP contribution in [0, 0.1) is 13.8 Å². The van der Waals surface area contributed by atoms with Crippen LogP contribution in [0.3, 0.4) is 0 Å². The van der Waals surface area contributed by atoms with Crippen LogP contribution in [0.2, 0.25) is 0 Å². The van der Waals surface area contributed by atoms with Gasteiger partial charge < -0.3 is 29.4 Å². The van der Waals surface area contributed by atoms with E-state index in [-0.39, 0.29) is 16.8 Å². The standard InChI is InChI=1S/C25H30N4O6/c1-15-18(16(2)27-20(15)25(33)34-3)22(30)19-21(17-6-4-7-26-14-17)29(24(32)23(19)31)9-5-8-28-10-12-35-13-11-28/h4,6-7,14,21,27,30H,5,8-13H2,1-3H3. The van der Waals surface area contributed by atoms with Crippen molar-refractivity contribution in [3.63, 3.8) is 0 Å². The Bertz CT molecular complexity index is 1150. The smallest absolute Gasteiger partial charge is 0.354 e. The summed E-state index contributed by atoms with van der Waals surface area (Å²) < 4.78 is 10.2. The predicted octanol–water partition coefficient (Wildman–Crippen LogP) is -0.658. The van der Waals surface area contributed by atoms with Crippen LogP contribution in [0.1, 0.15) is 45.3 Å². The second-order valence-electron chi connectivity index (χ2n) is 8.84. The summed E-state index contributed by atoms with van der Waals surface area (Å²) in [7, 11) is 1.25. The van der Waals surface area contributed by atoms with Crippen molar-refractivity contribution in [2.75, 3.05) is 46.5 Å². The number of carbonyl (C=O) groups is 3. The summed E-state index contributed by atoms with van der Waals surface area (Å²) in [6.07, 6.45) is 3.85. The Hall–Kier alpha value is -3.50. The summed E-state index contributed by atoms with van der Waals surface area (Å²) in [5.41, 5.74) is 1.63. The van der Waals surface area contributed by atoms with E-state index in [1.807, 2.05) is 0 Å². The van der Waals surface area contributed by atoms with Gasteiger partial charge in [-0.2, -0.15) is 0 Å². The number of Topliss-reactive ketones (excluding diaryl/α,β-unsaturated/α-hetero) is 1. The van der Waals surface area contributed by atoms with Crippen molar-refractivity contribution in [3.05, 3.63) is 58.2 Å². The average molecular weight is 483 g/mol. The minimum atomic E-state index is -0.842. The SMILES string of the molecule is COC(=O)c1[nH]c(C)c(C([O-])=C2C(=O)C(=O)N(CCC[NH+]3CCOCC3)C2c2cccnc2)c1C. The zero-order valence-corrected chi connectivity index (χ0v) is 20.2. The molecule has 2 aromatic rings. The molecule has 1 unspecified atom stereocenters. The van der Waals surface area contributed by atoms with Crippen molar-refractivity contribution >= 4 is 23.4 Å². The molecular weight excluding hydrogens is 452 g/mol. The Kier molecular flexibility index (Phi) is 7.32. The van der Waals surface area contributed by atoms with Crippen LogP contribution in [0.5, 0.6) is 0 Å². The number of nitrogens with zero attached hydrogens (tertiary/aromatic N) is 2. The number of hydrogen-bond acceptors (Lipinski definition) is 7. The summed E-state index contributed by atoms with van der Waals surface area (Å²) in [6.45, 7) is 7.68. The highest BCUT2D eigenvalue weighted by Crippen LogP contribution is 2.39. The third-order valence-corrected chi connectivity index (χ3v) is 6.71. The normalized spacial score (nSPS) is 20.4. The van der Waals surface area contributed by atoms with E-state index in [1.165, 1.54) is 16.9 Å². The Balaban J connectivity index is 1.72. The Morgan fingerprint density at radius 2 is 2.06 bits per heavy atom. The number of quaternary nitrogens is 1. The number of esters is 1. The molecule has 0 aromatic carbocycles. The van der Waals surface area contributed by atoms with Gasteiger partial charge in [-0.25, -0.2) is 4.79 Å². The van der Waals surface area contributed by atoms with Gasteiger partial charge in [0.1, 0.15) is 18.8 Å². The van der Waals surface area contributed by atoms with Gasteiger partial charge in [0.2, 0.25) is 5.78 Å². The van der Waals surface area contributed by atoms with Crippen LogP contribution in [-0.2, 0) is 19.1 Å². The quantitative estimate of drug-likeness (QED) is 0.232. The molecule has 0 bridgehead atoms. The number of H-pyrrole nitrogens is 1. The first-order chi connectivity index (χ1) is 16.8. The van der Waals surface area contributed by atoms with Gasteiger partial charge in [0.25, 0.3) is 5.91 Å². The van der Waals surface area contributed by atoms with Crippen LogP contribution in [-0.4, -0.2) is 79.0 Å². The molecule has 2 N–H and O–H groups in total. The van der Waals surface area contributed by atoms with Gasteiger partial charge in [0.15, 0.2) is 0 Å². The van der Waals surface area contributed by atoms with Gasteiger partial charge in [-0.3, -0.25) is 14.6 Å². The Morgan fingerprint density at radius 3 is 2.71 bits per heavy atom. The van der Waals surface area contributed by atoms with Crippen LogP contribution >= 0.6 is 0 Å². The summed E-state index contributed by atoms with van der Waals surface area (Å²) in [6, 6.07) is 2.63. The molecule has 4 heterocycles. The molecule has 186 valence electrons. The molecule has 35 heavy (non-hydrogen) atoms. The lowest BCUT2D eigenvalue weighted by Gasteiger charge is -2.28. The number of ketones is 1. The van der Waals surface area contributed by atoms with Gasteiger partial charge in [-0.15, -0.1) is 0 Å². The largest absolute Gasteiger partial charge is 0.872 e. The number of methoxy groups -OCH3 is 1. The number of amides is 1. The number of pyridine rings is 1. The van der Waals surface area contributed by atoms with Crippen molar-refractivity contribution in [1.82, 2.24) is 14.9 Å². The van der Waals surface area contributed by atoms with Crippen LogP contribution < -0.4 is 10.0 Å². The number of rotatable bonds is 7. The molecule has 0 aliphatic carbocycles. The van der Waals surface area contributed by atoms with Gasteiger partial charge in [-0.1, -0.05) is 11.8 Å². The molecule has 1 amide bonds. The Morgan fingerprint density at radius 1 is 1.31 bits per heavy atom. The topological polar surface area (TPSA) is 129 Å². The van der Waals surface area contributed by atoms with Gasteiger partial charge in [0, 0.05) is 36.6 Å². The second-order valence-corrected chi connectivity index (χ2v) is 8.84. The molecule has 2 fully saturated rings. The van der Waals surface area contributed by atoms with E-state index in [9.17, 15) is 19.5 Å². The molecule has 10 nitrogen and oxygen atoms in total. The van der Waals surface area contributed by atoms with Gasteiger partial charge in [0.05, 0.1) is 32.9 Å². The maximum Gasteiger partial charge on any atom is 0.354 e. The molecule has 2 aliphatic rings. The van der Waals surface area contributed by atoms with Crippen molar-refractivity contribution in [1.29, 1.82) is 0 Å². The fraction of sp³-hybridized carbons (Fsp3) is 0.440. The molecule has 0 saturated carbocycles. The van der Waals surface area contributed by atoms with Crippen molar-refractivity contribution in [3.8, 4) is 0 Å². The van der Waals surface area contributed by atoms with Gasteiger partial charge >= 0.3 is 5.97 Å². The van der Waals surface area contributed by atoms with Crippen molar-refractivity contribution in [2.24, 2.45) is 0 Å². The third-order valence-electron chi connectivity index (χ3n) is 6.71. The molecule has 0 spiro atoms. The number of hydrogen-bond donors (Lipinski definition) is 2. The number of likely N-dealkylation sites (tertiary alicyclic amines) is 1. The van der Waals surface area contributed by atoms with E-state index < -0.39 is 29.5 Å². The minimum absolute atomic E-state index is 0.122. The average Bonchev–Trinajstić information content (AvgIpc) is 3.31. The van der Waals surface area contributed by atoms with Crippen molar-refractivity contribution < 1.29 is 33.9 Å².